The fourth-order valence-corrected chi connectivity index (χ4v) is 24.8. The number of aryl methyl sites for hydroxylation is 4. The molecule has 6 heterocycles. The number of aromatic nitrogens is 4. The predicted molar refractivity (Wildman–Crippen MR) is 467 cm³/mol. The highest BCUT2D eigenvalue weighted by molar-refractivity contribution is 7.29. The number of unbranched alkanes of at least 4 members (excludes halogenated alkanes) is 12. The van der Waals surface area contributed by atoms with Crippen LogP contribution < -0.4 is 0 Å². The summed E-state index contributed by atoms with van der Waals surface area (Å²) in [5.41, 5.74) is 12.9. The Morgan fingerprint density at radius 3 is 1.21 bits per heavy atom. The highest BCUT2D eigenvalue weighted by Gasteiger charge is 2.54. The van der Waals surface area contributed by atoms with E-state index in [0.29, 0.717) is 31.8 Å². The number of fused-ring (bicyclic) bond motifs is 21. The van der Waals surface area contributed by atoms with Gasteiger partial charge in [-0.2, -0.15) is 14.0 Å². The van der Waals surface area contributed by atoms with Crippen molar-refractivity contribution in [2.45, 2.75) is 174 Å². The quantitative estimate of drug-likeness (QED) is 0.0170. The van der Waals surface area contributed by atoms with Crippen molar-refractivity contribution in [2.75, 3.05) is 0 Å². The standard InChI is InChI=1S/C98H79F4N7O3S5/c1-7-11-15-19-23-54-27-35-58(36-28-54)97(59-37-29-55(30-38-59)24-20-16-12-8-2)70-45-62(43-68-77(53(5)51-103)64-47-72(99)74(101)49-66(64)89(68)110)113-92(70)96-83(97)81-79-80(86-88(94(81)116-96)109-117-108-86)82-84-95(115-93(82)87-85(79)106-112-107-87)91-71(46-63(114-91)44-69-78(76(52-104)105-6)65-48-73(100)75(102)50-67(65)90(69)111)98(84,60-39-31-56(32-40-60)25-21-17-13-9-3)61-41-33-57(34-42-61)26-22-18-14-10-4/h27-50H,7-26H2,1-5H3/b68-43-,69-44-,77-53-,78-76?. The molecule has 10 nitrogen and oxygen atoms in total. The number of halogens is 4. The minimum Gasteiger partial charge on any atom is -0.289 e. The minimum absolute atomic E-state index is 0.0116. The maximum atomic E-state index is 15.4. The maximum Gasteiger partial charge on any atom is 0.270 e. The first-order valence-corrected chi connectivity index (χ1v) is 44.7. The van der Waals surface area contributed by atoms with Crippen LogP contribution in [0, 0.1) is 52.5 Å². The second kappa shape index (κ2) is 31.5. The van der Waals surface area contributed by atoms with Crippen LogP contribution in [0.2, 0.25) is 0 Å². The number of hydrogen-bond donors (Lipinski definition) is 0. The summed E-state index contributed by atoms with van der Waals surface area (Å²) in [5.74, 6) is -5.84. The molecule has 0 atom stereocenters. The first kappa shape index (κ1) is 77.3. The third-order valence-corrected chi connectivity index (χ3v) is 29.9. The van der Waals surface area contributed by atoms with E-state index in [1.54, 1.807) is 41.7 Å². The molecule has 0 radical (unpaired) electrons. The third-order valence-electron chi connectivity index (χ3n) is 24.5. The number of nitrogens with zero attached hydrogens (tertiary/aromatic N) is 7. The molecule has 0 amide bonds. The first-order chi connectivity index (χ1) is 57.1. The monoisotopic (exact) mass is 1640 g/mol. The van der Waals surface area contributed by atoms with Gasteiger partial charge in [-0.3, -0.25) is 9.59 Å². The number of allylic oxidation sites excluding steroid dienone is 6. The van der Waals surface area contributed by atoms with Gasteiger partial charge >= 0.3 is 0 Å². The lowest BCUT2D eigenvalue weighted by Crippen LogP contribution is -2.28. The Hall–Kier alpha value is -11.0. The van der Waals surface area contributed by atoms with Gasteiger partial charge in [-0.05, 0) is 195 Å². The largest absolute Gasteiger partial charge is 0.289 e. The molecule has 117 heavy (non-hydrogen) atoms. The van der Waals surface area contributed by atoms with Gasteiger partial charge in [0, 0.05) is 70.3 Å². The van der Waals surface area contributed by atoms with E-state index < -0.39 is 51.4 Å². The van der Waals surface area contributed by atoms with Crippen molar-refractivity contribution >= 4 is 145 Å². The lowest BCUT2D eigenvalue weighted by molar-refractivity contribution is 0.103. The Labute approximate surface area is 696 Å². The zero-order chi connectivity index (χ0) is 80.7. The van der Waals surface area contributed by atoms with Gasteiger partial charge in [-0.1, -0.05) is 202 Å². The van der Waals surface area contributed by atoms with Crippen LogP contribution in [0.5, 0.6) is 0 Å². The lowest BCUT2D eigenvalue weighted by atomic mass is 9.66. The summed E-state index contributed by atoms with van der Waals surface area (Å²) in [7, 11) is 0. The van der Waals surface area contributed by atoms with Gasteiger partial charge in [-0.15, -0.1) is 45.3 Å². The summed E-state index contributed by atoms with van der Waals surface area (Å²) in [4.78, 5) is 38.4. The molecule has 18 rings (SSSR count). The summed E-state index contributed by atoms with van der Waals surface area (Å²) in [6.45, 7) is 18.7. The number of rotatable bonds is 26. The average molecular weight is 1640 g/mol. The van der Waals surface area contributed by atoms with E-state index in [1.165, 1.54) is 44.9 Å². The van der Waals surface area contributed by atoms with Gasteiger partial charge in [0.2, 0.25) is 0 Å². The topological polar surface area (TPSA) is 151 Å². The molecule has 6 aromatic heterocycles. The van der Waals surface area contributed by atoms with Crippen molar-refractivity contribution in [3.05, 3.63) is 289 Å². The van der Waals surface area contributed by atoms with E-state index in [2.05, 4.69) is 148 Å². The van der Waals surface area contributed by atoms with E-state index >= 15 is 17.6 Å². The van der Waals surface area contributed by atoms with Gasteiger partial charge in [0.05, 0.1) is 70.2 Å². The SMILES string of the molecule is [C-]#[N+]C(C#N)=C1/C(=C/c2cc3c(s2)-c2sc4c5nonc5c5c6c7c(sc6c6nsnc6c5c4c2C3(c2ccc(CCCCCC)cc2)c2ccc(CCCCCC)cc2)-c2sc(/C=C3\C(=O)c4cc(F)c(F)cc4\C3=C(/C)C#N)cc2C7(c2ccc(CCCCCC)cc2)c2ccc(CCCCCC)cc2)C(=O)c2cc(F)c(F)cc21. The fraction of sp³-hybridized carbons (Fsp3) is 0.276. The van der Waals surface area contributed by atoms with E-state index in [0.717, 1.165) is 259 Å². The lowest BCUT2D eigenvalue weighted by Gasteiger charge is -2.34. The highest BCUT2D eigenvalue weighted by Crippen LogP contribution is 2.69. The summed E-state index contributed by atoms with van der Waals surface area (Å²) in [6.07, 6.45) is 24.6. The van der Waals surface area contributed by atoms with Crippen LogP contribution in [-0.2, 0) is 36.5 Å². The molecule has 0 spiro atoms. The number of ketones is 2. The highest BCUT2D eigenvalue weighted by atomic mass is 32.1. The molecule has 0 fully saturated rings. The summed E-state index contributed by atoms with van der Waals surface area (Å²) in [6, 6.07) is 48.6. The molecular weight excluding hydrogens is 1560 g/mol. The van der Waals surface area contributed by atoms with Crippen LogP contribution in [0.25, 0.3) is 101 Å². The number of nitriles is 2. The van der Waals surface area contributed by atoms with Crippen molar-refractivity contribution in [2.24, 2.45) is 0 Å². The van der Waals surface area contributed by atoms with E-state index in [-0.39, 0.29) is 50.1 Å². The predicted octanol–water partition coefficient (Wildman–Crippen LogP) is 27.7. The van der Waals surface area contributed by atoms with E-state index in [9.17, 15) is 20.1 Å². The maximum absolute atomic E-state index is 15.4. The number of benzene rings is 8. The second-order valence-electron chi connectivity index (χ2n) is 31.5. The number of thiophene rings is 4. The molecular formula is C98H79F4N7O3S5. The molecule has 0 saturated heterocycles. The van der Waals surface area contributed by atoms with Crippen molar-refractivity contribution < 1.29 is 31.8 Å². The van der Waals surface area contributed by atoms with Crippen LogP contribution in [0.3, 0.4) is 0 Å². The second-order valence-corrected chi connectivity index (χ2v) is 36.2. The van der Waals surface area contributed by atoms with Gasteiger partial charge in [0.15, 0.2) is 40.4 Å². The minimum atomic E-state index is -1.22. The molecule has 19 heteroatoms. The van der Waals surface area contributed by atoms with Crippen molar-refractivity contribution in [3.8, 4) is 31.6 Å². The number of Topliss-reactive ketones (excluding diaryl/α,β-unsaturated/α-hetero) is 2. The molecule has 0 unspecified atom stereocenters. The van der Waals surface area contributed by atoms with Crippen LogP contribution in [0.1, 0.15) is 246 Å². The molecule has 582 valence electrons. The molecule has 14 aromatic rings. The third kappa shape index (κ3) is 12.5. The molecule has 8 aromatic carbocycles. The Kier molecular flexibility index (Phi) is 20.8. The average Bonchev–Trinajstić information content (AvgIpc) is 1.49. The van der Waals surface area contributed by atoms with Gasteiger partial charge in [0.25, 0.3) is 5.70 Å². The number of carbonyl (C=O) groups is 2. The van der Waals surface area contributed by atoms with Gasteiger partial charge < -0.3 is 0 Å². The van der Waals surface area contributed by atoms with Crippen LogP contribution in [0.15, 0.2) is 161 Å². The summed E-state index contributed by atoms with van der Waals surface area (Å²) < 4.78 is 80.1. The van der Waals surface area contributed by atoms with E-state index in [1.807, 2.05) is 6.07 Å². The van der Waals surface area contributed by atoms with E-state index in [4.69, 9.17) is 30.3 Å². The Morgan fingerprint density at radius 1 is 0.444 bits per heavy atom. The Morgan fingerprint density at radius 2 is 0.812 bits per heavy atom. The normalized spacial score (nSPS) is 15.8. The van der Waals surface area contributed by atoms with Crippen molar-refractivity contribution in [3.63, 3.8) is 0 Å². The zero-order valence-electron chi connectivity index (χ0n) is 65.4. The van der Waals surface area contributed by atoms with Gasteiger partial charge in [0.1, 0.15) is 16.6 Å². The zero-order valence-corrected chi connectivity index (χ0v) is 69.5. The Balaban J connectivity index is 0.957. The molecule has 0 aliphatic heterocycles. The van der Waals surface area contributed by atoms with Crippen molar-refractivity contribution in [1.82, 2.24) is 19.1 Å². The molecule has 0 saturated carbocycles. The molecule has 0 N–H and O–H groups in total. The molecule has 0 bridgehead atoms. The van der Waals surface area contributed by atoms with Crippen LogP contribution in [-0.4, -0.2) is 30.6 Å². The fourth-order valence-electron chi connectivity index (χ4n) is 18.9. The smallest absolute Gasteiger partial charge is 0.270 e. The Bertz CT molecular complexity index is 6590. The van der Waals surface area contributed by atoms with Crippen LogP contribution >= 0.6 is 57.1 Å². The first-order valence-electron chi connectivity index (χ1n) is 40.7. The van der Waals surface area contributed by atoms with Gasteiger partial charge in [-0.25, -0.2) is 32.3 Å². The number of carbonyl (C=O) groups excluding carboxylic acids is 2. The van der Waals surface area contributed by atoms with Crippen LogP contribution in [0.4, 0.5) is 17.6 Å². The molecule has 4 aliphatic carbocycles. The summed E-state index contributed by atoms with van der Waals surface area (Å²) in [5, 5.41) is 34.6. The number of hydrogen-bond acceptors (Lipinski definition) is 14. The molecule has 4 aliphatic rings. The summed E-state index contributed by atoms with van der Waals surface area (Å²) >= 11 is 7.37. The van der Waals surface area contributed by atoms with Crippen molar-refractivity contribution in [1.29, 1.82) is 10.5 Å².